The van der Waals surface area contributed by atoms with Gasteiger partial charge in [-0.1, -0.05) is 117 Å². The van der Waals surface area contributed by atoms with Gasteiger partial charge in [0.05, 0.1) is 16.7 Å². The molecule has 0 atom stereocenters. The molecule has 224 valence electrons. The summed E-state index contributed by atoms with van der Waals surface area (Å²) in [5, 5.41) is 2.58. The van der Waals surface area contributed by atoms with Crippen LogP contribution >= 0.6 is 0 Å². The van der Waals surface area contributed by atoms with Crippen molar-refractivity contribution in [2.24, 2.45) is 0 Å². The van der Waals surface area contributed by atoms with Crippen LogP contribution < -0.4 is 4.90 Å². The second-order valence-electron chi connectivity index (χ2n) is 13.1. The fourth-order valence-corrected chi connectivity index (χ4v) is 7.59. The lowest BCUT2D eigenvalue weighted by Crippen LogP contribution is -2.27. The lowest BCUT2D eigenvalue weighted by molar-refractivity contribution is 0.630. The van der Waals surface area contributed by atoms with E-state index in [1.54, 1.807) is 0 Å². The number of hydrogen-bond acceptors (Lipinski definition) is 1. The van der Waals surface area contributed by atoms with E-state index in [0.29, 0.717) is 0 Å². The molecule has 9 rings (SSSR count). The summed E-state index contributed by atoms with van der Waals surface area (Å²) in [5.74, 6) is 0. The molecule has 7 aromatic carbocycles. The zero-order chi connectivity index (χ0) is 31.5. The van der Waals surface area contributed by atoms with Crippen LogP contribution in [0.25, 0.3) is 49.7 Å². The number of nitrogens with zero attached hydrogens (tertiary/aromatic N) is 2. The second kappa shape index (κ2) is 10.6. The number of benzene rings is 7. The largest absolute Gasteiger partial charge is 0.310 e. The van der Waals surface area contributed by atoms with Crippen LogP contribution in [0.3, 0.4) is 0 Å². The summed E-state index contributed by atoms with van der Waals surface area (Å²) in [7, 11) is 0. The maximum atomic E-state index is 2.52. The first-order valence-corrected chi connectivity index (χ1v) is 16.4. The molecule has 8 aromatic rings. The zero-order valence-electron chi connectivity index (χ0n) is 26.6. The van der Waals surface area contributed by atoms with Crippen molar-refractivity contribution in [1.29, 1.82) is 0 Å². The van der Waals surface area contributed by atoms with Crippen LogP contribution in [-0.4, -0.2) is 4.57 Å². The van der Waals surface area contributed by atoms with Crippen molar-refractivity contribution in [2.45, 2.75) is 19.3 Å². The topological polar surface area (TPSA) is 8.17 Å². The van der Waals surface area contributed by atoms with Gasteiger partial charge in [0.25, 0.3) is 0 Å². The molecule has 2 nitrogen and oxygen atoms in total. The Kier molecular flexibility index (Phi) is 6.20. The SMILES string of the molecule is CC1(C)c2cc(N(c3ccccc3)c3ccccc3)ccc2-n2c3ccc(-c4ccccc4)cc3c3cc(-c4ccccc4)cc1c32. The van der Waals surface area contributed by atoms with Gasteiger partial charge in [-0.3, -0.25) is 0 Å². The molecule has 0 bridgehead atoms. The molecule has 0 N–H and O–H groups in total. The molecule has 0 radical (unpaired) electrons. The minimum atomic E-state index is -0.250. The highest BCUT2D eigenvalue weighted by molar-refractivity contribution is 6.14. The number of aromatic nitrogens is 1. The van der Waals surface area contributed by atoms with E-state index in [-0.39, 0.29) is 5.41 Å². The summed E-state index contributed by atoms with van der Waals surface area (Å²) in [5.41, 5.74) is 14.6. The molecule has 1 aromatic heterocycles. The van der Waals surface area contributed by atoms with Crippen LogP contribution in [0.2, 0.25) is 0 Å². The summed E-state index contributed by atoms with van der Waals surface area (Å²) in [6.07, 6.45) is 0. The maximum Gasteiger partial charge on any atom is 0.0582 e. The molecule has 0 spiro atoms. The molecular formula is C45H34N2. The van der Waals surface area contributed by atoms with Crippen LogP contribution in [0.1, 0.15) is 25.0 Å². The molecule has 2 heterocycles. The van der Waals surface area contributed by atoms with Gasteiger partial charge in [0, 0.05) is 33.2 Å². The third-order valence-electron chi connectivity index (χ3n) is 9.93. The smallest absolute Gasteiger partial charge is 0.0582 e. The Bertz CT molecular complexity index is 2370. The van der Waals surface area contributed by atoms with Crippen molar-refractivity contribution >= 4 is 38.9 Å². The van der Waals surface area contributed by atoms with Crippen LogP contribution in [0.4, 0.5) is 17.1 Å². The molecule has 0 aliphatic carbocycles. The van der Waals surface area contributed by atoms with Crippen molar-refractivity contribution in [3.63, 3.8) is 0 Å². The summed E-state index contributed by atoms with van der Waals surface area (Å²) in [6.45, 7) is 4.79. The fourth-order valence-electron chi connectivity index (χ4n) is 7.59. The van der Waals surface area contributed by atoms with Gasteiger partial charge in [-0.05, 0) is 100 Å². The van der Waals surface area contributed by atoms with Gasteiger partial charge in [-0.15, -0.1) is 0 Å². The molecule has 0 unspecified atom stereocenters. The van der Waals surface area contributed by atoms with E-state index in [1.165, 1.54) is 60.9 Å². The van der Waals surface area contributed by atoms with Crippen molar-refractivity contribution in [3.8, 4) is 27.9 Å². The van der Waals surface area contributed by atoms with Crippen molar-refractivity contribution in [1.82, 2.24) is 4.57 Å². The molecule has 47 heavy (non-hydrogen) atoms. The Morgan fingerprint density at radius 3 is 1.60 bits per heavy atom. The van der Waals surface area contributed by atoms with Gasteiger partial charge < -0.3 is 9.47 Å². The second-order valence-corrected chi connectivity index (χ2v) is 13.1. The molecule has 0 fully saturated rings. The first kappa shape index (κ1) is 27.5. The van der Waals surface area contributed by atoms with Crippen molar-refractivity contribution < 1.29 is 0 Å². The number of fused-ring (bicyclic) bond motifs is 5. The minimum absolute atomic E-state index is 0.250. The third-order valence-corrected chi connectivity index (χ3v) is 9.93. The standard InChI is InChI=1S/C45H34N2/c1-45(2)40-30-37(46(35-19-11-5-12-20-35)36-21-13-6-14-22-36)24-26-43(40)47-42-25-23-33(31-15-7-3-8-16-31)27-38(42)39-28-34(29-41(45)44(39)47)32-17-9-4-10-18-32/h3-30H,1-2H3. The summed E-state index contributed by atoms with van der Waals surface area (Å²) >= 11 is 0. The normalized spacial score (nSPS) is 13.1. The number of hydrogen-bond donors (Lipinski definition) is 0. The van der Waals surface area contributed by atoms with E-state index in [9.17, 15) is 0 Å². The van der Waals surface area contributed by atoms with Gasteiger partial charge in [0.15, 0.2) is 0 Å². The number of para-hydroxylation sites is 2. The predicted molar refractivity (Wildman–Crippen MR) is 198 cm³/mol. The first-order chi connectivity index (χ1) is 23.1. The monoisotopic (exact) mass is 602 g/mol. The maximum absolute atomic E-state index is 2.52. The lowest BCUT2D eigenvalue weighted by atomic mass is 9.73. The highest BCUT2D eigenvalue weighted by Crippen LogP contribution is 2.51. The van der Waals surface area contributed by atoms with Gasteiger partial charge in [0.1, 0.15) is 0 Å². The van der Waals surface area contributed by atoms with E-state index in [4.69, 9.17) is 0 Å². The molecule has 0 amide bonds. The molecule has 0 saturated carbocycles. The van der Waals surface area contributed by atoms with Gasteiger partial charge in [-0.25, -0.2) is 0 Å². The average Bonchev–Trinajstić information content (AvgIpc) is 3.46. The van der Waals surface area contributed by atoms with Crippen LogP contribution in [0.5, 0.6) is 0 Å². The number of rotatable bonds is 5. The Labute approximate surface area is 275 Å². The molecule has 1 aliphatic rings. The first-order valence-electron chi connectivity index (χ1n) is 16.4. The van der Waals surface area contributed by atoms with Crippen LogP contribution in [0, 0.1) is 0 Å². The summed E-state index contributed by atoms with van der Waals surface area (Å²) < 4.78 is 2.52. The van der Waals surface area contributed by atoms with E-state index in [1.807, 2.05) is 0 Å². The summed E-state index contributed by atoms with van der Waals surface area (Å²) in [4.78, 5) is 2.36. The minimum Gasteiger partial charge on any atom is -0.310 e. The zero-order valence-corrected chi connectivity index (χ0v) is 26.6. The van der Waals surface area contributed by atoms with Gasteiger partial charge in [-0.2, -0.15) is 0 Å². The van der Waals surface area contributed by atoms with E-state index >= 15 is 0 Å². The average molecular weight is 603 g/mol. The Morgan fingerprint density at radius 1 is 0.426 bits per heavy atom. The highest BCUT2D eigenvalue weighted by Gasteiger charge is 2.36. The van der Waals surface area contributed by atoms with E-state index in [0.717, 1.165) is 17.1 Å². The van der Waals surface area contributed by atoms with Crippen LogP contribution in [-0.2, 0) is 5.41 Å². The lowest BCUT2D eigenvalue weighted by Gasteiger charge is -2.36. The molecule has 0 saturated heterocycles. The quantitative estimate of drug-likeness (QED) is 0.190. The molecular weight excluding hydrogens is 569 g/mol. The van der Waals surface area contributed by atoms with E-state index in [2.05, 4.69) is 193 Å². The predicted octanol–water partition coefficient (Wildman–Crippen LogP) is 12.2. The Morgan fingerprint density at radius 2 is 0.979 bits per heavy atom. The molecule has 2 heteroatoms. The Balaban J connectivity index is 1.34. The fraction of sp³-hybridized carbons (Fsp3) is 0.0667. The molecule has 1 aliphatic heterocycles. The van der Waals surface area contributed by atoms with E-state index < -0.39 is 0 Å². The van der Waals surface area contributed by atoms with Crippen LogP contribution in [0.15, 0.2) is 170 Å². The van der Waals surface area contributed by atoms with Gasteiger partial charge in [0.2, 0.25) is 0 Å². The Hall–Kier alpha value is -5.86. The highest BCUT2D eigenvalue weighted by atomic mass is 15.1. The van der Waals surface area contributed by atoms with Crippen molar-refractivity contribution in [2.75, 3.05) is 4.90 Å². The van der Waals surface area contributed by atoms with Gasteiger partial charge >= 0.3 is 0 Å². The van der Waals surface area contributed by atoms with Crippen molar-refractivity contribution in [3.05, 3.63) is 181 Å². The summed E-state index contributed by atoms with van der Waals surface area (Å²) in [6, 6.07) is 61.8. The third kappa shape index (κ3) is 4.33. The number of anilines is 3.